The highest BCUT2D eigenvalue weighted by atomic mass is 32.2. The molecule has 0 saturated heterocycles. The minimum absolute atomic E-state index is 0.165. The smallest absolute Gasteiger partial charge is 0.337 e. The zero-order chi connectivity index (χ0) is 20.0. The van der Waals surface area contributed by atoms with Crippen molar-refractivity contribution < 1.29 is 23.2 Å². The summed E-state index contributed by atoms with van der Waals surface area (Å²) in [5.74, 6) is -1.41. The summed E-state index contributed by atoms with van der Waals surface area (Å²) < 4.78 is 26.2. The van der Waals surface area contributed by atoms with Gasteiger partial charge in [0.25, 0.3) is 5.69 Å². The van der Waals surface area contributed by atoms with Gasteiger partial charge in [-0.15, -0.1) is 0 Å². The molecule has 4 N–H and O–H groups in total. The van der Waals surface area contributed by atoms with E-state index in [0.717, 1.165) is 18.6 Å². The van der Waals surface area contributed by atoms with Gasteiger partial charge in [-0.25, -0.2) is 13.2 Å². The molecule has 0 aromatic heterocycles. The number of non-ortho nitro benzene ring substituents is 1. The van der Waals surface area contributed by atoms with Crippen molar-refractivity contribution in [1.82, 2.24) is 0 Å². The van der Waals surface area contributed by atoms with Gasteiger partial charge in [0.2, 0.25) is 9.84 Å². The number of hydrogen-bond acceptors (Lipinski definition) is 7. The molecule has 2 aromatic rings. The van der Waals surface area contributed by atoms with Gasteiger partial charge in [0.05, 0.1) is 21.1 Å². The summed E-state index contributed by atoms with van der Waals surface area (Å²) in [6.07, 6.45) is 1.41. The Morgan fingerprint density at radius 1 is 1.15 bits per heavy atom. The second kappa shape index (κ2) is 8.60. The summed E-state index contributed by atoms with van der Waals surface area (Å²) in [6.45, 7) is 0.900. The number of carbonyl (C=O) groups is 1. The van der Waals surface area contributed by atoms with Crippen molar-refractivity contribution in [3.05, 3.63) is 58.1 Å². The second-order valence-electron chi connectivity index (χ2n) is 5.66. The number of sulfone groups is 1. The normalized spacial score (nSPS) is 11.1. The number of carboxylic acid groups (broad SMARTS) is 1. The number of carboxylic acids is 1. The molecule has 0 atom stereocenters. The summed E-state index contributed by atoms with van der Waals surface area (Å²) in [6, 6.07) is 8.55. The molecule has 2 rings (SSSR count). The van der Waals surface area contributed by atoms with E-state index in [1.165, 1.54) is 30.3 Å². The standard InChI is InChI=1S/C17H19N3O6S/c18-9-3-4-10-19-14-8-7-12(20(23)24)11-16(14)27(25,26)15-6-2-1-5-13(15)17(21)22/h1-2,5-8,11,19H,3-4,9-10,18H2,(H,21,22). The SMILES string of the molecule is NCCCCNc1ccc([N+](=O)[O-])cc1S(=O)(=O)c1ccccc1C(=O)O. The molecule has 10 heteroatoms. The third-order valence-corrected chi connectivity index (χ3v) is 5.67. The van der Waals surface area contributed by atoms with E-state index in [-0.39, 0.29) is 10.6 Å². The van der Waals surface area contributed by atoms with Crippen LogP contribution in [0, 0.1) is 10.1 Å². The fourth-order valence-corrected chi connectivity index (χ4v) is 4.13. The van der Waals surface area contributed by atoms with Crippen LogP contribution in [0.25, 0.3) is 0 Å². The summed E-state index contributed by atoms with van der Waals surface area (Å²) in [7, 11) is -4.32. The number of benzene rings is 2. The first-order chi connectivity index (χ1) is 12.8. The van der Waals surface area contributed by atoms with Crippen molar-refractivity contribution in [3.8, 4) is 0 Å². The van der Waals surface area contributed by atoms with Crippen molar-refractivity contribution in [2.45, 2.75) is 22.6 Å². The van der Waals surface area contributed by atoms with Crippen LogP contribution in [0.15, 0.2) is 52.3 Å². The molecule has 2 aromatic carbocycles. The first kappa shape index (κ1) is 20.3. The monoisotopic (exact) mass is 393 g/mol. The predicted molar refractivity (Wildman–Crippen MR) is 98.7 cm³/mol. The highest BCUT2D eigenvalue weighted by Gasteiger charge is 2.28. The number of nitro groups is 1. The number of nitrogens with zero attached hydrogens (tertiary/aromatic N) is 1. The molecule has 0 amide bonds. The van der Waals surface area contributed by atoms with Gasteiger partial charge in [0.1, 0.15) is 4.90 Å². The molecule has 0 aliphatic carbocycles. The van der Waals surface area contributed by atoms with Gasteiger partial charge in [-0.05, 0) is 37.6 Å². The Morgan fingerprint density at radius 2 is 1.85 bits per heavy atom. The van der Waals surface area contributed by atoms with Gasteiger partial charge >= 0.3 is 5.97 Å². The van der Waals surface area contributed by atoms with Crippen molar-refractivity contribution in [3.63, 3.8) is 0 Å². The number of hydrogen-bond donors (Lipinski definition) is 3. The molecule has 0 aliphatic heterocycles. The first-order valence-electron chi connectivity index (χ1n) is 8.09. The number of rotatable bonds is 9. The van der Waals surface area contributed by atoms with E-state index < -0.39 is 36.9 Å². The lowest BCUT2D eigenvalue weighted by Crippen LogP contribution is -2.13. The van der Waals surface area contributed by atoms with Crippen molar-refractivity contribution >= 4 is 27.2 Å². The van der Waals surface area contributed by atoms with Crippen molar-refractivity contribution in [1.29, 1.82) is 0 Å². The van der Waals surface area contributed by atoms with Gasteiger partial charge < -0.3 is 16.2 Å². The minimum atomic E-state index is -4.32. The van der Waals surface area contributed by atoms with Gasteiger partial charge in [-0.1, -0.05) is 12.1 Å². The van der Waals surface area contributed by atoms with E-state index in [2.05, 4.69) is 5.32 Å². The number of nitro benzene ring substituents is 1. The van der Waals surface area contributed by atoms with Crippen LogP contribution in [0.3, 0.4) is 0 Å². The summed E-state index contributed by atoms with van der Waals surface area (Å²) in [4.78, 5) is 21.0. The third-order valence-electron chi connectivity index (χ3n) is 3.82. The Kier molecular flexibility index (Phi) is 6.48. The van der Waals surface area contributed by atoms with Gasteiger partial charge in [0, 0.05) is 18.7 Å². The van der Waals surface area contributed by atoms with E-state index in [4.69, 9.17) is 5.73 Å². The maximum absolute atomic E-state index is 13.1. The lowest BCUT2D eigenvalue weighted by molar-refractivity contribution is -0.385. The van der Waals surface area contributed by atoms with Crippen LogP contribution in [0.2, 0.25) is 0 Å². The topological polar surface area (TPSA) is 153 Å². The molecule has 0 fully saturated rings. The van der Waals surface area contributed by atoms with Gasteiger partial charge in [-0.3, -0.25) is 10.1 Å². The Morgan fingerprint density at radius 3 is 2.48 bits per heavy atom. The molecule has 27 heavy (non-hydrogen) atoms. The van der Waals surface area contributed by atoms with E-state index in [1.807, 2.05) is 0 Å². The molecular formula is C17H19N3O6S. The van der Waals surface area contributed by atoms with Crippen LogP contribution < -0.4 is 11.1 Å². The van der Waals surface area contributed by atoms with Crippen LogP contribution in [0.5, 0.6) is 0 Å². The zero-order valence-electron chi connectivity index (χ0n) is 14.3. The molecule has 0 bridgehead atoms. The Bertz CT molecular complexity index is 959. The van der Waals surface area contributed by atoms with Crippen LogP contribution >= 0.6 is 0 Å². The largest absolute Gasteiger partial charge is 0.478 e. The van der Waals surface area contributed by atoms with Gasteiger partial charge in [-0.2, -0.15) is 0 Å². The molecular weight excluding hydrogens is 374 g/mol. The van der Waals surface area contributed by atoms with E-state index >= 15 is 0 Å². The quantitative estimate of drug-likeness (QED) is 0.333. The predicted octanol–water partition coefficient (Wildman–Crippen LogP) is 2.28. The molecule has 0 spiro atoms. The Hall–Kier alpha value is -2.98. The first-order valence-corrected chi connectivity index (χ1v) is 9.57. The highest BCUT2D eigenvalue weighted by molar-refractivity contribution is 7.91. The number of nitrogens with one attached hydrogen (secondary N) is 1. The van der Waals surface area contributed by atoms with Crippen molar-refractivity contribution in [2.24, 2.45) is 5.73 Å². The molecule has 0 heterocycles. The number of unbranched alkanes of at least 4 members (excludes halogenated alkanes) is 1. The average Bonchev–Trinajstić information content (AvgIpc) is 2.65. The molecule has 0 radical (unpaired) electrons. The Balaban J connectivity index is 2.58. The van der Waals surface area contributed by atoms with Crippen LogP contribution in [-0.2, 0) is 9.84 Å². The molecule has 9 nitrogen and oxygen atoms in total. The summed E-state index contributed by atoms with van der Waals surface area (Å²) >= 11 is 0. The fourth-order valence-electron chi connectivity index (χ4n) is 2.48. The molecule has 0 aliphatic rings. The molecule has 0 saturated carbocycles. The maximum Gasteiger partial charge on any atom is 0.337 e. The van der Waals surface area contributed by atoms with E-state index in [9.17, 15) is 28.4 Å². The van der Waals surface area contributed by atoms with Crippen LogP contribution in [-0.4, -0.2) is 37.5 Å². The molecule has 144 valence electrons. The third kappa shape index (κ3) is 4.60. The van der Waals surface area contributed by atoms with Crippen molar-refractivity contribution in [2.75, 3.05) is 18.4 Å². The van der Waals surface area contributed by atoms with Crippen LogP contribution in [0.1, 0.15) is 23.2 Å². The van der Waals surface area contributed by atoms with Gasteiger partial charge in [0.15, 0.2) is 0 Å². The summed E-state index contributed by atoms with van der Waals surface area (Å²) in [5.41, 5.74) is 4.78. The molecule has 0 unspecified atom stereocenters. The van der Waals surface area contributed by atoms with E-state index in [0.29, 0.717) is 19.5 Å². The zero-order valence-corrected chi connectivity index (χ0v) is 15.1. The lowest BCUT2D eigenvalue weighted by atomic mass is 10.2. The summed E-state index contributed by atoms with van der Waals surface area (Å²) in [5, 5.41) is 23.3. The lowest BCUT2D eigenvalue weighted by Gasteiger charge is -2.14. The Labute approximate surface area is 155 Å². The second-order valence-corrected chi connectivity index (χ2v) is 7.55. The fraction of sp³-hybridized carbons (Fsp3) is 0.235. The number of anilines is 1. The average molecular weight is 393 g/mol. The maximum atomic E-state index is 13.1. The minimum Gasteiger partial charge on any atom is -0.478 e. The van der Waals surface area contributed by atoms with E-state index in [1.54, 1.807) is 0 Å². The number of nitrogens with two attached hydrogens (primary N) is 1. The highest BCUT2D eigenvalue weighted by Crippen LogP contribution is 2.32. The number of aromatic carboxylic acids is 1. The van der Waals surface area contributed by atoms with Crippen LogP contribution in [0.4, 0.5) is 11.4 Å².